The van der Waals surface area contributed by atoms with Gasteiger partial charge in [-0.05, 0) is 55.0 Å². The van der Waals surface area contributed by atoms with Gasteiger partial charge in [-0.2, -0.15) is 9.41 Å². The summed E-state index contributed by atoms with van der Waals surface area (Å²) in [4.78, 5) is 16.9. The lowest BCUT2D eigenvalue weighted by molar-refractivity contribution is 0.0955. The Morgan fingerprint density at radius 2 is 1.83 bits per heavy atom. The van der Waals surface area contributed by atoms with Crippen LogP contribution < -0.4 is 10.1 Å². The fraction of sp³-hybridized carbons (Fsp3) is 0.261. The van der Waals surface area contributed by atoms with E-state index in [-0.39, 0.29) is 20.4 Å². The van der Waals surface area contributed by atoms with Crippen molar-refractivity contribution in [3.8, 4) is 0 Å². The smallest absolute Gasteiger partial charge is 0.275 e. The number of nitrogens with zero attached hydrogens (tertiary/aromatic N) is 3. The van der Waals surface area contributed by atoms with Gasteiger partial charge in [0.15, 0.2) is 0 Å². The molecule has 1 saturated heterocycles. The van der Waals surface area contributed by atoms with Gasteiger partial charge in [-0.25, -0.2) is 22.3 Å². The molecule has 0 aliphatic carbocycles. The van der Waals surface area contributed by atoms with E-state index in [1.807, 2.05) is 0 Å². The van der Waals surface area contributed by atoms with E-state index in [1.165, 1.54) is 34.9 Å². The maximum atomic E-state index is 13.0. The summed E-state index contributed by atoms with van der Waals surface area (Å²) in [6.07, 6.45) is 5.30. The number of amides is 1. The topological polar surface area (TPSA) is 138 Å². The fourth-order valence-electron chi connectivity index (χ4n) is 3.67. The molecule has 2 aromatic heterocycles. The third-order valence-corrected chi connectivity index (χ3v) is 10.3. The Kier molecular flexibility index (Phi) is 7.83. The fourth-order valence-corrected chi connectivity index (χ4v) is 7.31. The lowest BCUT2D eigenvalue weighted by Crippen LogP contribution is -2.35. The normalized spacial score (nSPS) is 15.4. The molecule has 10 nitrogen and oxygen atoms in total. The third kappa shape index (κ3) is 5.81. The molecule has 1 aromatic carbocycles. The molecule has 13 heteroatoms. The molecule has 0 bridgehead atoms. The highest BCUT2D eigenvalue weighted by Crippen LogP contribution is 2.23. The number of benzene rings is 1. The maximum Gasteiger partial charge on any atom is 0.275 e. The van der Waals surface area contributed by atoms with Crippen molar-refractivity contribution in [1.29, 1.82) is 0 Å². The van der Waals surface area contributed by atoms with E-state index in [1.54, 1.807) is 36.6 Å². The van der Waals surface area contributed by atoms with E-state index >= 15 is 0 Å². The number of carbonyl (C=O) groups is 1. The van der Waals surface area contributed by atoms with Crippen LogP contribution in [-0.2, 0) is 20.0 Å². The molecule has 2 N–H and O–H groups in total. The van der Waals surface area contributed by atoms with Crippen molar-refractivity contribution in [1.82, 2.24) is 14.7 Å². The highest BCUT2D eigenvalue weighted by Gasteiger charge is 2.26. The van der Waals surface area contributed by atoms with Crippen LogP contribution >= 0.6 is 11.3 Å². The van der Waals surface area contributed by atoms with Gasteiger partial charge in [0, 0.05) is 25.5 Å². The van der Waals surface area contributed by atoms with Crippen LogP contribution in [0.5, 0.6) is 0 Å². The standard InChI is InChI=1S/C23H25N5O5S3/c1-17(18-7-5-8-19(15-18)36(32,33)28-12-3-2-4-13-28)25-26-23(29)20-16-24-11-10-21(20)27-35(30,31)22-9-6-14-34-22/h5-11,14-16H,2-4,12-13H2,1H3,(H,24,27)(H,26,29). The molecular weight excluding hydrogens is 522 g/mol. The Balaban J connectivity index is 1.51. The summed E-state index contributed by atoms with van der Waals surface area (Å²) < 4.78 is 55.2. The highest BCUT2D eigenvalue weighted by molar-refractivity contribution is 7.94. The predicted octanol–water partition coefficient (Wildman–Crippen LogP) is 3.27. The predicted molar refractivity (Wildman–Crippen MR) is 138 cm³/mol. The minimum absolute atomic E-state index is 0.0180. The number of sulfonamides is 2. The number of piperidine rings is 1. The first-order chi connectivity index (χ1) is 17.2. The molecule has 0 spiro atoms. The van der Waals surface area contributed by atoms with Gasteiger partial charge < -0.3 is 0 Å². The molecule has 0 radical (unpaired) electrons. The van der Waals surface area contributed by atoms with E-state index < -0.39 is 26.0 Å². The summed E-state index contributed by atoms with van der Waals surface area (Å²) in [7, 11) is -7.48. The Labute approximate surface area is 214 Å². The van der Waals surface area contributed by atoms with Gasteiger partial charge in [0.25, 0.3) is 15.9 Å². The van der Waals surface area contributed by atoms with Crippen molar-refractivity contribution in [2.75, 3.05) is 17.8 Å². The van der Waals surface area contributed by atoms with Crippen molar-refractivity contribution in [2.24, 2.45) is 5.10 Å². The molecule has 3 heterocycles. The summed E-state index contributed by atoms with van der Waals surface area (Å²) in [5.74, 6) is -0.677. The van der Waals surface area contributed by atoms with Crippen LogP contribution in [0.15, 0.2) is 74.4 Å². The minimum atomic E-state index is -3.86. The number of rotatable bonds is 8. The lowest BCUT2D eigenvalue weighted by Gasteiger charge is -2.26. The van der Waals surface area contributed by atoms with Crippen molar-refractivity contribution >= 4 is 48.7 Å². The van der Waals surface area contributed by atoms with Crippen LogP contribution in [0.3, 0.4) is 0 Å². The van der Waals surface area contributed by atoms with E-state index in [2.05, 4.69) is 20.2 Å². The molecule has 1 aliphatic heterocycles. The van der Waals surface area contributed by atoms with Gasteiger partial charge in [0.05, 0.1) is 21.9 Å². The number of hydrogen-bond donors (Lipinski definition) is 2. The zero-order chi connectivity index (χ0) is 25.8. The van der Waals surface area contributed by atoms with Crippen molar-refractivity contribution in [3.63, 3.8) is 0 Å². The van der Waals surface area contributed by atoms with Gasteiger partial charge in [0.2, 0.25) is 10.0 Å². The van der Waals surface area contributed by atoms with Crippen LogP contribution in [-0.4, -0.2) is 50.8 Å². The van der Waals surface area contributed by atoms with E-state index in [9.17, 15) is 21.6 Å². The molecule has 0 unspecified atom stereocenters. The number of hydrogen-bond acceptors (Lipinski definition) is 8. The van der Waals surface area contributed by atoms with Gasteiger partial charge in [-0.3, -0.25) is 14.5 Å². The monoisotopic (exact) mass is 547 g/mol. The number of thiophene rings is 1. The van der Waals surface area contributed by atoms with Crippen LogP contribution in [0.4, 0.5) is 5.69 Å². The SMILES string of the molecule is CC(=NNC(=O)c1cnccc1NS(=O)(=O)c1cccs1)c1cccc(S(=O)(=O)N2CCCCC2)c1. The van der Waals surface area contributed by atoms with Crippen molar-refractivity contribution in [3.05, 3.63) is 71.4 Å². The van der Waals surface area contributed by atoms with Gasteiger partial charge in [-0.15, -0.1) is 11.3 Å². The second-order valence-corrected chi connectivity index (χ2v) is 12.9. The first-order valence-corrected chi connectivity index (χ1v) is 14.9. The number of hydrazone groups is 1. The number of anilines is 1. The summed E-state index contributed by atoms with van der Waals surface area (Å²) in [6.45, 7) is 2.63. The molecule has 0 atom stereocenters. The largest absolute Gasteiger partial charge is 0.278 e. The third-order valence-electron chi connectivity index (χ3n) is 5.60. The molecule has 4 rings (SSSR count). The average Bonchev–Trinajstić information content (AvgIpc) is 3.44. The number of aromatic nitrogens is 1. The van der Waals surface area contributed by atoms with Crippen LogP contribution in [0.2, 0.25) is 0 Å². The minimum Gasteiger partial charge on any atom is -0.278 e. The van der Waals surface area contributed by atoms with Crippen LogP contribution in [0, 0.1) is 0 Å². The van der Waals surface area contributed by atoms with E-state index in [4.69, 9.17) is 0 Å². The van der Waals surface area contributed by atoms with Crippen LogP contribution in [0.25, 0.3) is 0 Å². The molecule has 3 aromatic rings. The molecule has 1 aliphatic rings. The Morgan fingerprint density at radius 3 is 2.56 bits per heavy atom. The molecule has 1 amide bonds. The first kappa shape index (κ1) is 25.9. The number of carbonyl (C=O) groups excluding carboxylic acids is 1. The van der Waals surface area contributed by atoms with Gasteiger partial charge in [0.1, 0.15) is 4.21 Å². The summed E-state index contributed by atoms with van der Waals surface area (Å²) in [6, 6.07) is 10.9. The van der Waals surface area contributed by atoms with E-state index in [0.717, 1.165) is 30.6 Å². The maximum absolute atomic E-state index is 13.0. The molecule has 36 heavy (non-hydrogen) atoms. The quantitative estimate of drug-likeness (QED) is 0.328. The van der Waals surface area contributed by atoms with E-state index in [0.29, 0.717) is 24.4 Å². The molecular formula is C23H25N5O5S3. The lowest BCUT2D eigenvalue weighted by atomic mass is 10.1. The number of pyridine rings is 1. The zero-order valence-corrected chi connectivity index (χ0v) is 21.9. The summed E-state index contributed by atoms with van der Waals surface area (Å²) in [5, 5.41) is 5.74. The van der Waals surface area contributed by atoms with Gasteiger partial charge >= 0.3 is 0 Å². The second kappa shape index (κ2) is 10.9. The zero-order valence-electron chi connectivity index (χ0n) is 19.4. The summed E-state index contributed by atoms with van der Waals surface area (Å²) in [5.41, 5.74) is 3.34. The Bertz CT molecular complexity index is 1480. The summed E-state index contributed by atoms with van der Waals surface area (Å²) >= 11 is 1.05. The Hall–Kier alpha value is -3.13. The van der Waals surface area contributed by atoms with Crippen molar-refractivity contribution < 1.29 is 21.6 Å². The average molecular weight is 548 g/mol. The highest BCUT2D eigenvalue weighted by atomic mass is 32.2. The molecule has 190 valence electrons. The van der Waals surface area contributed by atoms with Crippen molar-refractivity contribution in [2.45, 2.75) is 35.3 Å². The van der Waals surface area contributed by atoms with Crippen LogP contribution in [0.1, 0.15) is 42.1 Å². The Morgan fingerprint density at radius 1 is 1.06 bits per heavy atom. The van der Waals surface area contributed by atoms with Gasteiger partial charge in [-0.1, -0.05) is 24.6 Å². The molecule has 1 fully saturated rings. The second-order valence-electron chi connectivity index (χ2n) is 8.09. The first-order valence-electron chi connectivity index (χ1n) is 11.1. The number of nitrogens with one attached hydrogen (secondary N) is 2. The molecule has 0 saturated carbocycles.